The average Bonchev–Trinajstić information content (AvgIpc) is 2.79. The van der Waals surface area contributed by atoms with E-state index in [2.05, 4.69) is 0 Å². The number of fused-ring (bicyclic) bond motifs is 1. The van der Waals surface area contributed by atoms with Crippen molar-refractivity contribution in [1.29, 1.82) is 0 Å². The number of hydrogen-bond donors (Lipinski definition) is 1. The Balaban J connectivity index is 1.49. The number of ketones is 1. The monoisotopic (exact) mass is 456 g/mol. The summed E-state index contributed by atoms with van der Waals surface area (Å²) in [6.45, 7) is 4.25. The fourth-order valence-corrected chi connectivity index (χ4v) is 5.22. The standard InChI is InChI=1S/C25H28O6S/c1-17(26)23-18(2)31-25(16-28-13-19-9-5-3-6-10-19)24(32-23)22(27)21(15-30-25)29-14-20-11-7-4-8-12-20/h3-12,21-22,24,27H,13-16H2,1-2H3/t21-,22+,24-,25-/m0/s1. The number of aliphatic hydroxyl groups is 1. The van der Waals surface area contributed by atoms with E-state index < -0.39 is 23.2 Å². The number of Topliss-reactive ketones (excluding diaryl/α,β-unsaturated/α-hetero) is 1. The quantitative estimate of drug-likeness (QED) is 0.647. The lowest BCUT2D eigenvalue weighted by Crippen LogP contribution is -2.64. The van der Waals surface area contributed by atoms with Gasteiger partial charge in [-0.25, -0.2) is 0 Å². The Bertz CT molecular complexity index is 947. The van der Waals surface area contributed by atoms with Crippen molar-refractivity contribution < 1.29 is 28.8 Å². The highest BCUT2D eigenvalue weighted by Gasteiger charge is 2.56. The minimum atomic E-state index is -1.20. The van der Waals surface area contributed by atoms with E-state index in [1.807, 2.05) is 60.7 Å². The van der Waals surface area contributed by atoms with Crippen molar-refractivity contribution in [3.63, 3.8) is 0 Å². The molecule has 0 aromatic heterocycles. The molecule has 4 atom stereocenters. The minimum absolute atomic E-state index is 0.106. The van der Waals surface area contributed by atoms with Crippen LogP contribution in [-0.4, -0.2) is 47.3 Å². The fraction of sp³-hybridized carbons (Fsp3) is 0.400. The first-order valence-corrected chi connectivity index (χ1v) is 11.5. The number of hydrogen-bond acceptors (Lipinski definition) is 7. The smallest absolute Gasteiger partial charge is 0.248 e. The number of carbonyl (C=O) groups is 1. The molecular formula is C25H28O6S. The van der Waals surface area contributed by atoms with Crippen molar-refractivity contribution in [2.24, 2.45) is 0 Å². The third kappa shape index (κ3) is 5.08. The minimum Gasteiger partial charge on any atom is -0.462 e. The van der Waals surface area contributed by atoms with E-state index in [0.717, 1.165) is 11.1 Å². The van der Waals surface area contributed by atoms with E-state index in [4.69, 9.17) is 18.9 Å². The van der Waals surface area contributed by atoms with Crippen LogP contribution in [0.3, 0.4) is 0 Å². The molecule has 7 heteroatoms. The predicted molar refractivity (Wildman–Crippen MR) is 122 cm³/mol. The second-order valence-electron chi connectivity index (χ2n) is 8.01. The van der Waals surface area contributed by atoms with Gasteiger partial charge in [-0.15, -0.1) is 11.8 Å². The molecule has 2 aromatic rings. The number of benzene rings is 2. The predicted octanol–water partition coefficient (Wildman–Crippen LogP) is 3.83. The maximum Gasteiger partial charge on any atom is 0.248 e. The van der Waals surface area contributed by atoms with Crippen LogP contribution in [0.4, 0.5) is 0 Å². The van der Waals surface area contributed by atoms with Crippen molar-refractivity contribution >= 4 is 17.5 Å². The van der Waals surface area contributed by atoms with Crippen LogP contribution in [0.5, 0.6) is 0 Å². The zero-order chi connectivity index (χ0) is 22.6. The van der Waals surface area contributed by atoms with Gasteiger partial charge < -0.3 is 24.1 Å². The summed E-state index contributed by atoms with van der Waals surface area (Å²) in [5, 5.41) is 10.6. The molecule has 0 aliphatic carbocycles. The second-order valence-corrected chi connectivity index (χ2v) is 9.16. The largest absolute Gasteiger partial charge is 0.462 e. The van der Waals surface area contributed by atoms with E-state index in [1.54, 1.807) is 6.92 Å². The van der Waals surface area contributed by atoms with Gasteiger partial charge in [-0.2, -0.15) is 0 Å². The maximum atomic E-state index is 12.1. The zero-order valence-corrected chi connectivity index (χ0v) is 19.0. The highest BCUT2D eigenvalue weighted by molar-refractivity contribution is 8.04. The maximum absolute atomic E-state index is 12.1. The number of carbonyl (C=O) groups excluding carboxylic acids is 1. The molecule has 2 heterocycles. The first kappa shape index (κ1) is 23.0. The molecule has 0 bridgehead atoms. The summed E-state index contributed by atoms with van der Waals surface area (Å²) in [5.74, 6) is -0.821. The van der Waals surface area contributed by atoms with Crippen LogP contribution in [0.2, 0.25) is 0 Å². The van der Waals surface area contributed by atoms with Gasteiger partial charge in [0.05, 0.1) is 24.7 Å². The molecule has 2 aliphatic rings. The summed E-state index contributed by atoms with van der Waals surface area (Å²) < 4.78 is 24.3. The van der Waals surface area contributed by atoms with Crippen LogP contribution in [0.1, 0.15) is 25.0 Å². The van der Waals surface area contributed by atoms with E-state index in [-0.39, 0.29) is 19.0 Å². The summed E-state index contributed by atoms with van der Waals surface area (Å²) in [4.78, 5) is 12.6. The van der Waals surface area contributed by atoms with Gasteiger partial charge in [0.15, 0.2) is 5.78 Å². The second kappa shape index (κ2) is 10.2. The number of rotatable bonds is 8. The number of ether oxygens (including phenoxy) is 4. The first-order valence-electron chi connectivity index (χ1n) is 10.7. The van der Waals surface area contributed by atoms with Crippen LogP contribution < -0.4 is 0 Å². The summed E-state index contributed by atoms with van der Waals surface area (Å²) >= 11 is 1.28. The van der Waals surface area contributed by atoms with Crippen molar-refractivity contribution in [2.75, 3.05) is 13.2 Å². The molecule has 6 nitrogen and oxygen atoms in total. The molecule has 1 fully saturated rings. The highest BCUT2D eigenvalue weighted by Crippen LogP contribution is 2.47. The highest BCUT2D eigenvalue weighted by atomic mass is 32.2. The number of aliphatic hydroxyl groups excluding tert-OH is 1. The number of thioether (sulfide) groups is 1. The molecule has 4 rings (SSSR count). The Morgan fingerprint density at radius 1 is 1.09 bits per heavy atom. The Morgan fingerprint density at radius 3 is 2.34 bits per heavy atom. The molecule has 2 aromatic carbocycles. The molecule has 1 N–H and O–H groups in total. The summed E-state index contributed by atoms with van der Waals surface area (Å²) in [5.41, 5.74) is 2.04. The Morgan fingerprint density at radius 2 is 1.72 bits per heavy atom. The fourth-order valence-electron chi connectivity index (χ4n) is 3.92. The lowest BCUT2D eigenvalue weighted by molar-refractivity contribution is -0.297. The topological polar surface area (TPSA) is 74.2 Å². The SMILES string of the molecule is CC(=O)C1=C(C)O[C@]2(COCc3ccccc3)OC[C@H](OCc3ccccc3)[C@@H](O)[C@@H]2S1. The van der Waals surface area contributed by atoms with E-state index >= 15 is 0 Å². The van der Waals surface area contributed by atoms with Gasteiger partial charge in [0.1, 0.15) is 29.8 Å². The molecule has 32 heavy (non-hydrogen) atoms. The van der Waals surface area contributed by atoms with E-state index in [1.165, 1.54) is 18.7 Å². The molecule has 0 amide bonds. The van der Waals surface area contributed by atoms with Crippen LogP contribution in [-0.2, 0) is 37.0 Å². The molecule has 0 spiro atoms. The van der Waals surface area contributed by atoms with Crippen molar-refractivity contribution in [3.8, 4) is 0 Å². The Labute approximate surface area is 192 Å². The van der Waals surface area contributed by atoms with Crippen LogP contribution in [0.15, 0.2) is 71.3 Å². The zero-order valence-electron chi connectivity index (χ0n) is 18.2. The van der Waals surface area contributed by atoms with Crippen molar-refractivity contribution in [1.82, 2.24) is 0 Å². The van der Waals surface area contributed by atoms with Crippen LogP contribution >= 0.6 is 11.8 Å². The van der Waals surface area contributed by atoms with Crippen LogP contribution in [0, 0.1) is 0 Å². The van der Waals surface area contributed by atoms with E-state index in [0.29, 0.717) is 23.9 Å². The third-order valence-electron chi connectivity index (χ3n) is 5.55. The summed E-state index contributed by atoms with van der Waals surface area (Å²) in [7, 11) is 0. The molecular weight excluding hydrogens is 428 g/mol. The van der Waals surface area contributed by atoms with E-state index in [9.17, 15) is 9.90 Å². The van der Waals surface area contributed by atoms with Gasteiger partial charge in [0, 0.05) is 0 Å². The van der Waals surface area contributed by atoms with Gasteiger partial charge in [0.25, 0.3) is 0 Å². The molecule has 0 unspecified atom stereocenters. The molecule has 0 saturated carbocycles. The lowest BCUT2D eigenvalue weighted by atomic mass is 9.99. The van der Waals surface area contributed by atoms with Gasteiger partial charge in [0.2, 0.25) is 5.79 Å². The van der Waals surface area contributed by atoms with Crippen molar-refractivity contribution in [2.45, 2.75) is 50.3 Å². The molecule has 0 radical (unpaired) electrons. The average molecular weight is 457 g/mol. The van der Waals surface area contributed by atoms with Gasteiger partial charge >= 0.3 is 0 Å². The molecule has 1 saturated heterocycles. The third-order valence-corrected chi connectivity index (χ3v) is 7.25. The lowest BCUT2D eigenvalue weighted by Gasteiger charge is -2.50. The molecule has 170 valence electrons. The van der Waals surface area contributed by atoms with Gasteiger partial charge in [-0.1, -0.05) is 60.7 Å². The number of allylic oxidation sites excluding steroid dienone is 2. The van der Waals surface area contributed by atoms with Crippen molar-refractivity contribution in [3.05, 3.63) is 82.5 Å². The Kier molecular flexibility index (Phi) is 7.33. The van der Waals surface area contributed by atoms with Crippen LogP contribution in [0.25, 0.3) is 0 Å². The Hall–Kier alpha value is -2.16. The summed E-state index contributed by atoms with van der Waals surface area (Å²) in [6.07, 6.45) is -1.45. The molecule has 2 aliphatic heterocycles. The van der Waals surface area contributed by atoms with Gasteiger partial charge in [-0.05, 0) is 25.0 Å². The normalized spacial score (nSPS) is 27.5. The first-order chi connectivity index (χ1) is 15.5. The van der Waals surface area contributed by atoms with Gasteiger partial charge in [-0.3, -0.25) is 4.79 Å². The summed E-state index contributed by atoms with van der Waals surface area (Å²) in [6, 6.07) is 19.6.